The summed E-state index contributed by atoms with van der Waals surface area (Å²) in [6.45, 7) is 17.2. The fourth-order valence-corrected chi connectivity index (χ4v) is 4.22. The summed E-state index contributed by atoms with van der Waals surface area (Å²) in [6.07, 6.45) is 2.54. The molecule has 8 heteroatoms. The number of carbonyl (C=O) groups excluding carboxylic acids is 1. The van der Waals surface area contributed by atoms with Crippen LogP contribution < -0.4 is 15.5 Å². The SMILES string of the molecule is C=CCC1(C)OCc2c(N3CCOC[C@@H]3C)nc(-c3ccc(NC(=O)NCC)cc3)nc21.CC.[HH].[HH].[HH]. The Morgan fingerprint density at radius 2 is 2.06 bits per heavy atom. The van der Waals surface area contributed by atoms with Crippen LogP contribution in [0.1, 0.15) is 56.6 Å². The molecule has 4 rings (SSSR count). The van der Waals surface area contributed by atoms with Crippen molar-refractivity contribution in [3.63, 3.8) is 0 Å². The summed E-state index contributed by atoms with van der Waals surface area (Å²) < 4.78 is 11.8. The number of amides is 2. The lowest BCUT2D eigenvalue weighted by atomic mass is 9.96. The smallest absolute Gasteiger partial charge is 0.319 e. The Labute approximate surface area is 207 Å². The van der Waals surface area contributed by atoms with E-state index in [0.29, 0.717) is 44.3 Å². The Morgan fingerprint density at radius 3 is 2.71 bits per heavy atom. The van der Waals surface area contributed by atoms with Crippen molar-refractivity contribution in [1.29, 1.82) is 0 Å². The van der Waals surface area contributed by atoms with Crippen LogP contribution in [0.25, 0.3) is 11.4 Å². The fourth-order valence-electron chi connectivity index (χ4n) is 4.22. The van der Waals surface area contributed by atoms with E-state index >= 15 is 0 Å². The second-order valence-corrected chi connectivity index (χ2v) is 8.39. The Hall–Kier alpha value is -2.97. The molecule has 1 fully saturated rings. The first-order chi connectivity index (χ1) is 16.4. The van der Waals surface area contributed by atoms with Gasteiger partial charge in [0, 0.05) is 34.2 Å². The van der Waals surface area contributed by atoms with Crippen LogP contribution in [0, 0.1) is 0 Å². The molecule has 2 N–H and O–H groups in total. The molecule has 2 aliphatic heterocycles. The number of hydrogen-bond acceptors (Lipinski definition) is 6. The van der Waals surface area contributed by atoms with Crippen molar-refractivity contribution in [3.05, 3.63) is 48.2 Å². The number of rotatable bonds is 6. The maximum Gasteiger partial charge on any atom is 0.319 e. The van der Waals surface area contributed by atoms with Gasteiger partial charge in [-0.15, -0.1) is 6.58 Å². The lowest BCUT2D eigenvalue weighted by Gasteiger charge is -2.35. The molecular formula is C26H43N5O3. The number of urea groups is 1. The van der Waals surface area contributed by atoms with Gasteiger partial charge in [-0.3, -0.25) is 0 Å². The van der Waals surface area contributed by atoms with Crippen molar-refractivity contribution in [3.8, 4) is 11.4 Å². The fraction of sp³-hybridized carbons (Fsp3) is 0.500. The zero-order valence-electron chi connectivity index (χ0n) is 21.0. The van der Waals surface area contributed by atoms with E-state index in [1.807, 2.05) is 51.1 Å². The highest BCUT2D eigenvalue weighted by molar-refractivity contribution is 5.89. The van der Waals surface area contributed by atoms with Gasteiger partial charge in [0.2, 0.25) is 0 Å². The summed E-state index contributed by atoms with van der Waals surface area (Å²) in [6, 6.07) is 7.56. The van der Waals surface area contributed by atoms with Gasteiger partial charge in [-0.1, -0.05) is 19.9 Å². The van der Waals surface area contributed by atoms with Gasteiger partial charge in [-0.25, -0.2) is 14.8 Å². The van der Waals surface area contributed by atoms with Crippen LogP contribution in [-0.4, -0.2) is 48.3 Å². The van der Waals surface area contributed by atoms with Gasteiger partial charge in [-0.05, 0) is 51.5 Å². The van der Waals surface area contributed by atoms with Gasteiger partial charge in [0.1, 0.15) is 11.4 Å². The second kappa shape index (κ2) is 11.4. The minimum absolute atomic E-state index is 0. The molecule has 3 heterocycles. The number of benzene rings is 1. The van der Waals surface area contributed by atoms with Crippen molar-refractivity contribution in [2.75, 3.05) is 36.5 Å². The van der Waals surface area contributed by atoms with Crippen LogP contribution in [0.4, 0.5) is 16.3 Å². The Bertz CT molecular complexity index is 1010. The van der Waals surface area contributed by atoms with Gasteiger partial charge in [0.25, 0.3) is 0 Å². The van der Waals surface area contributed by atoms with E-state index < -0.39 is 5.60 Å². The molecule has 34 heavy (non-hydrogen) atoms. The zero-order valence-corrected chi connectivity index (χ0v) is 21.0. The maximum absolute atomic E-state index is 11.8. The first-order valence-corrected chi connectivity index (χ1v) is 12.1. The van der Waals surface area contributed by atoms with Gasteiger partial charge in [-0.2, -0.15) is 0 Å². The Morgan fingerprint density at radius 1 is 1.32 bits per heavy atom. The number of nitrogens with one attached hydrogen (secondary N) is 2. The third kappa shape index (κ3) is 5.39. The predicted molar refractivity (Wildman–Crippen MR) is 142 cm³/mol. The average molecular weight is 474 g/mol. The number of fused-ring (bicyclic) bond motifs is 1. The lowest BCUT2D eigenvalue weighted by Crippen LogP contribution is -2.44. The predicted octanol–water partition coefficient (Wildman–Crippen LogP) is 5.60. The number of ether oxygens (including phenoxy) is 2. The first-order valence-electron chi connectivity index (χ1n) is 12.1. The van der Waals surface area contributed by atoms with Crippen LogP contribution in [0.5, 0.6) is 0 Å². The summed E-state index contributed by atoms with van der Waals surface area (Å²) in [5, 5.41) is 5.54. The average Bonchev–Trinajstić information content (AvgIpc) is 3.17. The van der Waals surface area contributed by atoms with Crippen LogP contribution in [0.15, 0.2) is 36.9 Å². The number of carbonyl (C=O) groups is 1. The summed E-state index contributed by atoms with van der Waals surface area (Å²) in [5.41, 5.74) is 3.02. The molecular weight excluding hydrogens is 430 g/mol. The van der Waals surface area contributed by atoms with E-state index in [9.17, 15) is 4.79 Å². The van der Waals surface area contributed by atoms with Gasteiger partial charge < -0.3 is 25.0 Å². The van der Waals surface area contributed by atoms with Crippen molar-refractivity contribution in [2.45, 2.75) is 59.3 Å². The third-order valence-corrected chi connectivity index (χ3v) is 5.93. The van der Waals surface area contributed by atoms with Crippen LogP contribution in [0.2, 0.25) is 0 Å². The van der Waals surface area contributed by atoms with Crippen LogP contribution in [0.3, 0.4) is 0 Å². The number of nitrogens with zero attached hydrogens (tertiary/aromatic N) is 3. The van der Waals surface area contributed by atoms with E-state index in [-0.39, 0.29) is 16.4 Å². The van der Waals surface area contributed by atoms with Crippen molar-refractivity contribution >= 4 is 17.5 Å². The standard InChI is InChI=1S/C24H31N5O3.C2H6.3H2/c1-5-11-24(4)20-19(15-32-24)22(29-12-13-31-14-16(29)3)28-21(27-20)17-7-9-18(10-8-17)26-23(30)25-6-2;1-2;;;/h5,7-10,16H,1,6,11-15H2,2-4H3,(H2,25,26,30);1-2H3;3*1H/t16-,24?;;;;/m0..../s1. The van der Waals surface area contributed by atoms with E-state index in [4.69, 9.17) is 19.4 Å². The van der Waals surface area contributed by atoms with Gasteiger partial charge in [0.15, 0.2) is 5.82 Å². The van der Waals surface area contributed by atoms with Crippen molar-refractivity contribution in [1.82, 2.24) is 15.3 Å². The Kier molecular flexibility index (Phi) is 8.63. The summed E-state index contributed by atoms with van der Waals surface area (Å²) >= 11 is 0. The number of morpholine rings is 1. The van der Waals surface area contributed by atoms with Crippen LogP contribution in [-0.2, 0) is 21.7 Å². The van der Waals surface area contributed by atoms with Crippen LogP contribution >= 0.6 is 0 Å². The Balaban J connectivity index is 0.00000253. The maximum atomic E-state index is 11.8. The number of aromatic nitrogens is 2. The molecule has 0 spiro atoms. The molecule has 2 amide bonds. The normalized spacial score (nSPS) is 21.2. The largest absolute Gasteiger partial charge is 0.377 e. The van der Waals surface area contributed by atoms with Crippen molar-refractivity contribution < 1.29 is 18.5 Å². The first kappa shape index (κ1) is 25.6. The molecule has 1 saturated heterocycles. The minimum atomic E-state index is -0.529. The van der Waals surface area contributed by atoms with E-state index in [1.54, 1.807) is 0 Å². The molecule has 1 aromatic heterocycles. The molecule has 190 valence electrons. The monoisotopic (exact) mass is 473 g/mol. The number of hydrogen-bond donors (Lipinski definition) is 2. The van der Waals surface area contributed by atoms with E-state index in [0.717, 1.165) is 29.2 Å². The summed E-state index contributed by atoms with van der Waals surface area (Å²) in [4.78, 5) is 24.0. The minimum Gasteiger partial charge on any atom is -0.377 e. The van der Waals surface area contributed by atoms with Gasteiger partial charge >= 0.3 is 6.03 Å². The molecule has 0 radical (unpaired) electrons. The van der Waals surface area contributed by atoms with Gasteiger partial charge in [0.05, 0.1) is 31.6 Å². The zero-order chi connectivity index (χ0) is 24.7. The van der Waals surface area contributed by atoms with E-state index in [1.165, 1.54) is 0 Å². The molecule has 0 bridgehead atoms. The quantitative estimate of drug-likeness (QED) is 0.531. The molecule has 0 aliphatic carbocycles. The van der Waals surface area contributed by atoms with E-state index in [2.05, 4.69) is 36.0 Å². The molecule has 8 nitrogen and oxygen atoms in total. The molecule has 1 aromatic carbocycles. The lowest BCUT2D eigenvalue weighted by molar-refractivity contribution is -0.0228. The molecule has 0 saturated carbocycles. The van der Waals surface area contributed by atoms with Crippen molar-refractivity contribution in [2.24, 2.45) is 0 Å². The highest BCUT2D eigenvalue weighted by atomic mass is 16.5. The second-order valence-electron chi connectivity index (χ2n) is 8.39. The molecule has 2 atom stereocenters. The third-order valence-electron chi connectivity index (χ3n) is 5.93. The highest BCUT2D eigenvalue weighted by Crippen LogP contribution is 2.43. The molecule has 2 aromatic rings. The summed E-state index contributed by atoms with van der Waals surface area (Å²) in [5.74, 6) is 1.56. The molecule has 1 unspecified atom stereocenters. The number of anilines is 2. The highest BCUT2D eigenvalue weighted by Gasteiger charge is 2.40. The summed E-state index contributed by atoms with van der Waals surface area (Å²) in [7, 11) is 0. The topological polar surface area (TPSA) is 88.6 Å². The molecule has 2 aliphatic rings.